The summed E-state index contributed by atoms with van der Waals surface area (Å²) in [4.78, 5) is 9.34. The molecule has 86 valence electrons. The molecule has 0 fully saturated rings. The molecular formula is C11H13ClN2O2. The summed E-state index contributed by atoms with van der Waals surface area (Å²) in [6, 6.07) is 3.67. The molecule has 1 aromatic heterocycles. The van der Waals surface area contributed by atoms with E-state index in [1.54, 1.807) is 6.20 Å². The molecule has 1 aliphatic rings. The first-order valence-electron chi connectivity index (χ1n) is 5.11. The van der Waals surface area contributed by atoms with Crippen molar-refractivity contribution in [3.8, 4) is 0 Å². The van der Waals surface area contributed by atoms with Crippen LogP contribution in [0.4, 0.5) is 0 Å². The van der Waals surface area contributed by atoms with Gasteiger partial charge in [-0.1, -0.05) is 16.8 Å². The van der Waals surface area contributed by atoms with Crippen molar-refractivity contribution in [2.75, 3.05) is 6.61 Å². The van der Waals surface area contributed by atoms with Crippen LogP contribution in [-0.4, -0.2) is 28.0 Å². The molecule has 2 rings (SSSR count). The van der Waals surface area contributed by atoms with Gasteiger partial charge >= 0.3 is 0 Å². The molecule has 1 unspecified atom stereocenters. The Bertz CT molecular complexity index is 422. The standard InChI is InChI=1S/C11H13ClN2O2/c1-11(4-6-15)7-9(14-16-11)8-3-2-5-13-10(8)12/h2-3,5,15H,4,6-7H2,1H3. The maximum absolute atomic E-state index is 8.93. The third-order valence-corrected chi connectivity index (χ3v) is 2.93. The first-order valence-corrected chi connectivity index (χ1v) is 5.49. The summed E-state index contributed by atoms with van der Waals surface area (Å²) in [5, 5.41) is 13.4. The van der Waals surface area contributed by atoms with E-state index in [0.717, 1.165) is 11.3 Å². The molecule has 0 radical (unpaired) electrons. The van der Waals surface area contributed by atoms with Gasteiger partial charge in [0.1, 0.15) is 10.8 Å². The number of hydrogen-bond donors (Lipinski definition) is 1. The number of nitrogens with zero attached hydrogens (tertiary/aromatic N) is 2. The van der Waals surface area contributed by atoms with E-state index < -0.39 is 5.60 Å². The summed E-state index contributed by atoms with van der Waals surface area (Å²) in [5.74, 6) is 0. The van der Waals surface area contributed by atoms with E-state index in [2.05, 4.69) is 10.1 Å². The predicted molar refractivity (Wildman–Crippen MR) is 61.6 cm³/mol. The number of aliphatic hydroxyl groups excluding tert-OH is 1. The molecule has 1 N–H and O–H groups in total. The highest BCUT2D eigenvalue weighted by atomic mass is 35.5. The second-order valence-electron chi connectivity index (χ2n) is 4.07. The second kappa shape index (κ2) is 4.39. The molecule has 0 aliphatic carbocycles. The average molecular weight is 241 g/mol. The van der Waals surface area contributed by atoms with Crippen LogP contribution < -0.4 is 0 Å². The van der Waals surface area contributed by atoms with E-state index in [-0.39, 0.29) is 6.61 Å². The molecule has 0 saturated carbocycles. The molecule has 4 nitrogen and oxygen atoms in total. The van der Waals surface area contributed by atoms with Crippen molar-refractivity contribution in [1.29, 1.82) is 0 Å². The molecule has 1 aromatic rings. The Morgan fingerprint density at radius 1 is 1.62 bits per heavy atom. The fourth-order valence-electron chi connectivity index (χ4n) is 1.70. The minimum atomic E-state index is -0.427. The molecule has 0 spiro atoms. The minimum Gasteiger partial charge on any atom is -0.396 e. The van der Waals surface area contributed by atoms with Crippen LogP contribution in [0.25, 0.3) is 0 Å². The quantitative estimate of drug-likeness (QED) is 0.823. The highest BCUT2D eigenvalue weighted by Gasteiger charge is 2.34. The van der Waals surface area contributed by atoms with Gasteiger partial charge in [-0.3, -0.25) is 0 Å². The summed E-state index contributed by atoms with van der Waals surface area (Å²) in [6.07, 6.45) is 2.83. The minimum absolute atomic E-state index is 0.0834. The Balaban J connectivity index is 2.18. The maximum Gasteiger partial charge on any atom is 0.142 e. The molecular weight excluding hydrogens is 228 g/mol. The number of hydrogen-bond acceptors (Lipinski definition) is 4. The first kappa shape index (κ1) is 11.4. The SMILES string of the molecule is CC1(CCO)CC(c2cccnc2Cl)=NO1. The van der Waals surface area contributed by atoms with Crippen molar-refractivity contribution in [3.05, 3.63) is 29.0 Å². The number of aromatic nitrogens is 1. The van der Waals surface area contributed by atoms with E-state index in [1.165, 1.54) is 0 Å². The topological polar surface area (TPSA) is 54.7 Å². The Labute approximate surface area is 98.9 Å². The molecule has 5 heteroatoms. The van der Waals surface area contributed by atoms with Gasteiger partial charge in [-0.15, -0.1) is 0 Å². The van der Waals surface area contributed by atoms with Gasteiger partial charge in [0, 0.05) is 31.2 Å². The summed E-state index contributed by atoms with van der Waals surface area (Å²) in [7, 11) is 0. The van der Waals surface area contributed by atoms with Gasteiger partial charge < -0.3 is 9.94 Å². The van der Waals surface area contributed by atoms with E-state index in [9.17, 15) is 0 Å². The molecule has 1 atom stereocenters. The van der Waals surface area contributed by atoms with Crippen molar-refractivity contribution >= 4 is 17.3 Å². The van der Waals surface area contributed by atoms with E-state index >= 15 is 0 Å². The lowest BCUT2D eigenvalue weighted by Gasteiger charge is -2.19. The fourth-order valence-corrected chi connectivity index (χ4v) is 1.93. The zero-order valence-corrected chi connectivity index (χ0v) is 9.74. The normalized spacial score (nSPS) is 24.1. The van der Waals surface area contributed by atoms with Crippen molar-refractivity contribution in [2.24, 2.45) is 5.16 Å². The zero-order valence-electron chi connectivity index (χ0n) is 8.98. The molecule has 0 amide bonds. The van der Waals surface area contributed by atoms with E-state index in [1.807, 2.05) is 19.1 Å². The third kappa shape index (κ3) is 2.18. The van der Waals surface area contributed by atoms with Crippen molar-refractivity contribution in [3.63, 3.8) is 0 Å². The van der Waals surface area contributed by atoms with Crippen LogP contribution in [0.2, 0.25) is 5.15 Å². The average Bonchev–Trinajstić information content (AvgIpc) is 2.62. The Kier molecular flexibility index (Phi) is 3.12. The predicted octanol–water partition coefficient (Wildman–Crippen LogP) is 2.00. The van der Waals surface area contributed by atoms with Gasteiger partial charge in [-0.25, -0.2) is 4.98 Å². The van der Waals surface area contributed by atoms with Gasteiger partial charge in [0.25, 0.3) is 0 Å². The third-order valence-electron chi connectivity index (χ3n) is 2.63. The van der Waals surface area contributed by atoms with E-state index in [4.69, 9.17) is 21.5 Å². The highest BCUT2D eigenvalue weighted by molar-refractivity contribution is 6.33. The number of oxime groups is 1. The highest BCUT2D eigenvalue weighted by Crippen LogP contribution is 2.30. The molecule has 2 heterocycles. The molecule has 0 aromatic carbocycles. The summed E-state index contributed by atoms with van der Waals surface area (Å²) in [5.41, 5.74) is 1.16. The number of rotatable bonds is 3. The van der Waals surface area contributed by atoms with Crippen LogP contribution in [0.15, 0.2) is 23.5 Å². The van der Waals surface area contributed by atoms with Crippen molar-refractivity contribution in [2.45, 2.75) is 25.4 Å². The van der Waals surface area contributed by atoms with E-state index in [0.29, 0.717) is 18.0 Å². The number of pyridine rings is 1. The lowest BCUT2D eigenvalue weighted by Crippen LogP contribution is -2.26. The van der Waals surface area contributed by atoms with Gasteiger partial charge in [0.05, 0.1) is 5.71 Å². The molecule has 0 saturated heterocycles. The summed E-state index contributed by atoms with van der Waals surface area (Å²) in [6.45, 7) is 2.00. The van der Waals surface area contributed by atoms with Gasteiger partial charge in [0.2, 0.25) is 0 Å². The smallest absolute Gasteiger partial charge is 0.142 e. The van der Waals surface area contributed by atoms with Crippen LogP contribution in [0.5, 0.6) is 0 Å². The van der Waals surface area contributed by atoms with Crippen LogP contribution >= 0.6 is 11.6 Å². The lowest BCUT2D eigenvalue weighted by atomic mass is 9.94. The number of aliphatic hydroxyl groups is 1. The van der Waals surface area contributed by atoms with Crippen molar-refractivity contribution < 1.29 is 9.94 Å². The molecule has 0 bridgehead atoms. The molecule has 16 heavy (non-hydrogen) atoms. The largest absolute Gasteiger partial charge is 0.396 e. The van der Waals surface area contributed by atoms with Crippen LogP contribution in [0.3, 0.4) is 0 Å². The fraction of sp³-hybridized carbons (Fsp3) is 0.455. The Morgan fingerprint density at radius 2 is 2.44 bits per heavy atom. The molecule has 1 aliphatic heterocycles. The summed E-state index contributed by atoms with van der Waals surface area (Å²) >= 11 is 5.98. The van der Waals surface area contributed by atoms with Crippen LogP contribution in [0, 0.1) is 0 Å². The Morgan fingerprint density at radius 3 is 3.12 bits per heavy atom. The van der Waals surface area contributed by atoms with Gasteiger partial charge in [0.15, 0.2) is 0 Å². The zero-order chi connectivity index (χ0) is 11.6. The lowest BCUT2D eigenvalue weighted by molar-refractivity contribution is -0.0202. The van der Waals surface area contributed by atoms with Crippen LogP contribution in [0.1, 0.15) is 25.3 Å². The summed E-state index contributed by atoms with van der Waals surface area (Å²) < 4.78 is 0. The first-order chi connectivity index (χ1) is 7.64. The van der Waals surface area contributed by atoms with Crippen LogP contribution in [-0.2, 0) is 4.84 Å². The monoisotopic (exact) mass is 240 g/mol. The number of halogens is 1. The Hall–Kier alpha value is -1.13. The van der Waals surface area contributed by atoms with Crippen molar-refractivity contribution in [1.82, 2.24) is 4.98 Å². The van der Waals surface area contributed by atoms with Gasteiger partial charge in [-0.2, -0.15) is 0 Å². The maximum atomic E-state index is 8.93. The second-order valence-corrected chi connectivity index (χ2v) is 4.43. The van der Waals surface area contributed by atoms with Gasteiger partial charge in [-0.05, 0) is 19.1 Å².